The second-order valence-corrected chi connectivity index (χ2v) is 4.34. The first-order valence-corrected chi connectivity index (χ1v) is 6.25. The molecule has 0 saturated heterocycles. The summed E-state index contributed by atoms with van der Waals surface area (Å²) in [5.74, 6) is -0.239. The van der Waals surface area contributed by atoms with E-state index < -0.39 is 5.76 Å². The lowest BCUT2D eigenvalue weighted by atomic mass is 10.1. The van der Waals surface area contributed by atoms with Gasteiger partial charge in [-0.2, -0.15) is 5.26 Å². The minimum absolute atomic E-state index is 0.206. The summed E-state index contributed by atoms with van der Waals surface area (Å²) in [7, 11) is 0. The molecule has 0 bridgehead atoms. The van der Waals surface area contributed by atoms with Gasteiger partial charge in [0.05, 0.1) is 18.2 Å². The predicted molar refractivity (Wildman–Crippen MR) is 74.3 cm³/mol. The van der Waals surface area contributed by atoms with Crippen molar-refractivity contribution in [2.24, 2.45) is 0 Å². The molecule has 0 aliphatic rings. The van der Waals surface area contributed by atoms with E-state index in [1.54, 1.807) is 42.6 Å². The van der Waals surface area contributed by atoms with E-state index in [1.807, 2.05) is 6.07 Å². The molecule has 0 radical (unpaired) electrons. The van der Waals surface area contributed by atoms with Gasteiger partial charge in [-0.1, -0.05) is 29.4 Å². The highest BCUT2D eigenvalue weighted by atomic mass is 16.5. The van der Waals surface area contributed by atoms with Crippen molar-refractivity contribution >= 4 is 0 Å². The van der Waals surface area contributed by atoms with Crippen molar-refractivity contribution in [2.45, 2.75) is 6.54 Å². The molecule has 2 heterocycles. The number of hydrogen-bond acceptors (Lipinski definition) is 5. The highest BCUT2D eigenvalue weighted by Crippen LogP contribution is 2.15. The molecule has 6 nitrogen and oxygen atoms in total. The lowest BCUT2D eigenvalue weighted by Gasteiger charge is -2.05. The summed E-state index contributed by atoms with van der Waals surface area (Å²) in [4.78, 5) is 16.0. The number of benzene rings is 1. The Morgan fingerprint density at radius 1 is 1.19 bits per heavy atom. The number of pyridine rings is 1. The zero-order valence-corrected chi connectivity index (χ0v) is 10.9. The maximum absolute atomic E-state index is 11.8. The molecule has 0 aliphatic carbocycles. The van der Waals surface area contributed by atoms with Crippen LogP contribution in [-0.4, -0.2) is 14.7 Å². The number of rotatable bonds is 3. The van der Waals surface area contributed by atoms with Gasteiger partial charge in [0.15, 0.2) is 0 Å². The highest BCUT2D eigenvalue weighted by Gasteiger charge is 2.15. The van der Waals surface area contributed by atoms with E-state index in [1.165, 1.54) is 4.57 Å². The van der Waals surface area contributed by atoms with Crippen LogP contribution in [0.2, 0.25) is 0 Å². The Balaban J connectivity index is 2.06. The third kappa shape index (κ3) is 2.44. The van der Waals surface area contributed by atoms with Crippen LogP contribution in [0.5, 0.6) is 0 Å². The van der Waals surface area contributed by atoms with Crippen LogP contribution in [0, 0.1) is 11.3 Å². The van der Waals surface area contributed by atoms with E-state index in [-0.39, 0.29) is 6.54 Å². The van der Waals surface area contributed by atoms with E-state index >= 15 is 0 Å². The Hall–Kier alpha value is -3.20. The molecule has 102 valence electrons. The van der Waals surface area contributed by atoms with Crippen LogP contribution in [0.4, 0.5) is 0 Å². The van der Waals surface area contributed by atoms with Crippen LogP contribution >= 0.6 is 0 Å². The predicted octanol–water partition coefficient (Wildman–Crippen LogP) is 1.82. The van der Waals surface area contributed by atoms with Gasteiger partial charge in [0.2, 0.25) is 5.82 Å². The summed E-state index contributed by atoms with van der Waals surface area (Å²) in [6.07, 6.45) is 1.61. The number of nitrogens with zero attached hydrogens (tertiary/aromatic N) is 4. The number of nitriles is 1. The van der Waals surface area contributed by atoms with E-state index in [0.717, 1.165) is 5.56 Å². The van der Waals surface area contributed by atoms with Gasteiger partial charge in [-0.05, 0) is 23.8 Å². The van der Waals surface area contributed by atoms with Crippen LogP contribution in [-0.2, 0) is 6.54 Å². The van der Waals surface area contributed by atoms with E-state index in [4.69, 9.17) is 9.78 Å². The average molecular weight is 278 g/mol. The highest BCUT2D eigenvalue weighted by molar-refractivity contribution is 5.48. The topological polar surface area (TPSA) is 84.7 Å². The Morgan fingerprint density at radius 3 is 2.76 bits per heavy atom. The molecule has 1 aromatic carbocycles. The standard InChI is InChI=1S/C15H10N4O2/c16-9-11-5-1-2-6-12(11)10-19-14(18-21-15(19)20)13-7-3-4-8-17-13/h1-8H,10H2. The normalized spacial score (nSPS) is 10.2. The molecule has 0 unspecified atom stereocenters. The Kier molecular flexibility index (Phi) is 3.31. The number of aromatic nitrogens is 3. The van der Waals surface area contributed by atoms with Crippen LogP contribution in [0.3, 0.4) is 0 Å². The van der Waals surface area contributed by atoms with Gasteiger partial charge in [-0.25, -0.2) is 4.79 Å². The first-order chi connectivity index (χ1) is 10.3. The van der Waals surface area contributed by atoms with Crippen LogP contribution < -0.4 is 5.76 Å². The molecule has 0 saturated carbocycles. The summed E-state index contributed by atoms with van der Waals surface area (Å²) < 4.78 is 6.09. The largest absolute Gasteiger partial charge is 0.442 e. The van der Waals surface area contributed by atoms with Gasteiger partial charge in [-0.3, -0.25) is 14.1 Å². The summed E-state index contributed by atoms with van der Waals surface area (Å²) in [5.41, 5.74) is 1.78. The summed E-state index contributed by atoms with van der Waals surface area (Å²) in [6, 6.07) is 14.5. The fourth-order valence-corrected chi connectivity index (χ4v) is 2.02. The fourth-order valence-electron chi connectivity index (χ4n) is 2.02. The SMILES string of the molecule is N#Cc1ccccc1Cn1c(-c2ccccn2)noc1=O. The second-order valence-electron chi connectivity index (χ2n) is 4.34. The van der Waals surface area contributed by atoms with Gasteiger partial charge >= 0.3 is 5.76 Å². The fraction of sp³-hybridized carbons (Fsp3) is 0.0667. The molecular formula is C15H10N4O2. The van der Waals surface area contributed by atoms with Gasteiger partial charge in [0, 0.05) is 6.20 Å². The molecular weight excluding hydrogens is 268 g/mol. The van der Waals surface area contributed by atoms with Crippen LogP contribution in [0.25, 0.3) is 11.5 Å². The van der Waals surface area contributed by atoms with Crippen molar-refractivity contribution in [2.75, 3.05) is 0 Å². The molecule has 0 fully saturated rings. The van der Waals surface area contributed by atoms with Crippen molar-refractivity contribution in [3.8, 4) is 17.6 Å². The molecule has 3 rings (SSSR count). The average Bonchev–Trinajstić information content (AvgIpc) is 2.90. The maximum atomic E-state index is 11.8. The molecule has 0 atom stereocenters. The second kappa shape index (κ2) is 5.43. The maximum Gasteiger partial charge on any atom is 0.442 e. The molecule has 0 amide bonds. The Morgan fingerprint density at radius 2 is 2.00 bits per heavy atom. The van der Waals surface area contributed by atoms with Crippen LogP contribution in [0.1, 0.15) is 11.1 Å². The third-order valence-corrected chi connectivity index (χ3v) is 3.05. The van der Waals surface area contributed by atoms with Crippen molar-refractivity contribution in [3.63, 3.8) is 0 Å². The molecule has 0 aliphatic heterocycles. The van der Waals surface area contributed by atoms with Gasteiger partial charge in [-0.15, -0.1) is 0 Å². The molecule has 6 heteroatoms. The molecule has 2 aromatic heterocycles. The Labute approximate surface area is 119 Å². The Bertz CT molecular complexity index is 859. The van der Waals surface area contributed by atoms with Crippen molar-refractivity contribution in [1.29, 1.82) is 5.26 Å². The van der Waals surface area contributed by atoms with Crippen molar-refractivity contribution < 1.29 is 4.52 Å². The first kappa shape index (κ1) is 12.8. The number of hydrogen-bond donors (Lipinski definition) is 0. The lowest BCUT2D eigenvalue weighted by Crippen LogP contribution is -2.17. The molecule has 21 heavy (non-hydrogen) atoms. The van der Waals surface area contributed by atoms with Gasteiger partial charge < -0.3 is 0 Å². The first-order valence-electron chi connectivity index (χ1n) is 6.25. The lowest BCUT2D eigenvalue weighted by molar-refractivity contribution is 0.378. The van der Waals surface area contributed by atoms with Gasteiger partial charge in [0.25, 0.3) is 0 Å². The van der Waals surface area contributed by atoms with E-state index in [2.05, 4.69) is 16.2 Å². The van der Waals surface area contributed by atoms with E-state index in [9.17, 15) is 4.79 Å². The molecule has 0 spiro atoms. The minimum Gasteiger partial charge on any atom is -0.295 e. The smallest absolute Gasteiger partial charge is 0.295 e. The van der Waals surface area contributed by atoms with Gasteiger partial charge in [0.1, 0.15) is 5.69 Å². The minimum atomic E-state index is -0.580. The summed E-state index contributed by atoms with van der Waals surface area (Å²) >= 11 is 0. The zero-order valence-electron chi connectivity index (χ0n) is 10.9. The van der Waals surface area contributed by atoms with Crippen molar-refractivity contribution in [3.05, 3.63) is 70.3 Å². The summed E-state index contributed by atoms with van der Waals surface area (Å²) in [6.45, 7) is 0.206. The molecule has 3 aromatic rings. The van der Waals surface area contributed by atoms with Crippen molar-refractivity contribution in [1.82, 2.24) is 14.7 Å². The quantitative estimate of drug-likeness (QED) is 0.729. The van der Waals surface area contributed by atoms with E-state index in [0.29, 0.717) is 17.1 Å². The monoisotopic (exact) mass is 278 g/mol. The third-order valence-electron chi connectivity index (χ3n) is 3.05. The van der Waals surface area contributed by atoms with Crippen LogP contribution in [0.15, 0.2) is 58.0 Å². The summed E-state index contributed by atoms with van der Waals surface area (Å²) in [5, 5.41) is 12.9. The zero-order chi connectivity index (χ0) is 14.7. The molecule has 0 N–H and O–H groups in total.